The van der Waals surface area contributed by atoms with E-state index in [0.717, 1.165) is 48.8 Å². The summed E-state index contributed by atoms with van der Waals surface area (Å²) < 4.78 is 43.8. The predicted molar refractivity (Wildman–Crippen MR) is 127 cm³/mol. The molecule has 0 amide bonds. The van der Waals surface area contributed by atoms with Crippen molar-refractivity contribution in [2.24, 2.45) is 5.92 Å². The van der Waals surface area contributed by atoms with E-state index in [1.807, 2.05) is 37.3 Å². The third-order valence-electron chi connectivity index (χ3n) is 6.72. The third kappa shape index (κ3) is 4.82. The van der Waals surface area contributed by atoms with Crippen LogP contribution in [-0.2, 0) is 6.42 Å². The van der Waals surface area contributed by atoms with Gasteiger partial charge in [0.1, 0.15) is 5.82 Å². The minimum absolute atomic E-state index is 0.109. The quantitative estimate of drug-likeness (QED) is 0.352. The van der Waals surface area contributed by atoms with Gasteiger partial charge in [-0.05, 0) is 59.4 Å². The second-order valence-electron chi connectivity index (χ2n) is 8.95. The molecule has 3 aromatic rings. The lowest BCUT2D eigenvalue weighted by Gasteiger charge is -2.27. The number of halogens is 3. The summed E-state index contributed by atoms with van der Waals surface area (Å²) in [6.07, 6.45) is 8.10. The van der Waals surface area contributed by atoms with Gasteiger partial charge in [0.2, 0.25) is 0 Å². The first kappa shape index (κ1) is 22.4. The van der Waals surface area contributed by atoms with Crippen LogP contribution in [0, 0.1) is 23.4 Å². The Balaban J connectivity index is 1.50. The van der Waals surface area contributed by atoms with Crippen molar-refractivity contribution in [3.63, 3.8) is 0 Å². The normalized spacial score (nSPS) is 18.9. The zero-order valence-corrected chi connectivity index (χ0v) is 18.7. The number of aryl methyl sites for hydroxylation is 1. The van der Waals surface area contributed by atoms with Crippen LogP contribution in [-0.4, -0.2) is 0 Å². The van der Waals surface area contributed by atoms with Crippen molar-refractivity contribution in [1.82, 2.24) is 0 Å². The van der Waals surface area contributed by atoms with Crippen LogP contribution < -0.4 is 0 Å². The fraction of sp³-hybridized carbons (Fsp3) is 0.310. The molecular formula is C29H29F3. The summed E-state index contributed by atoms with van der Waals surface area (Å²) in [7, 11) is 0. The SMILES string of the molecule is CCc1ccc(-c2ccc(/C=C/c3ccc(C4CCC(C)CC4)c(F)c3F)cc2)c(F)c1. The molecule has 32 heavy (non-hydrogen) atoms. The predicted octanol–water partition coefficient (Wildman–Crippen LogP) is 8.80. The first-order valence-electron chi connectivity index (χ1n) is 11.5. The fourth-order valence-electron chi connectivity index (χ4n) is 4.57. The molecule has 0 heterocycles. The van der Waals surface area contributed by atoms with Crippen molar-refractivity contribution in [3.8, 4) is 11.1 Å². The minimum Gasteiger partial charge on any atom is -0.206 e. The molecule has 0 aliphatic heterocycles. The molecule has 0 saturated heterocycles. The van der Waals surface area contributed by atoms with E-state index in [4.69, 9.17) is 0 Å². The highest BCUT2D eigenvalue weighted by Gasteiger charge is 2.24. The van der Waals surface area contributed by atoms with Crippen molar-refractivity contribution in [2.75, 3.05) is 0 Å². The van der Waals surface area contributed by atoms with E-state index in [2.05, 4.69) is 6.92 Å². The topological polar surface area (TPSA) is 0 Å². The Hall–Kier alpha value is -2.81. The summed E-state index contributed by atoms with van der Waals surface area (Å²) in [4.78, 5) is 0. The van der Waals surface area contributed by atoms with Gasteiger partial charge in [0, 0.05) is 11.1 Å². The van der Waals surface area contributed by atoms with Gasteiger partial charge in [0.05, 0.1) is 0 Å². The van der Waals surface area contributed by atoms with Gasteiger partial charge in [-0.2, -0.15) is 0 Å². The molecule has 3 heteroatoms. The van der Waals surface area contributed by atoms with Crippen LogP contribution in [0.25, 0.3) is 23.3 Å². The fourth-order valence-corrected chi connectivity index (χ4v) is 4.57. The molecule has 1 fully saturated rings. The molecule has 4 rings (SSSR count). The monoisotopic (exact) mass is 434 g/mol. The Kier molecular flexibility index (Phi) is 6.83. The van der Waals surface area contributed by atoms with E-state index in [1.165, 1.54) is 0 Å². The number of hydrogen-bond acceptors (Lipinski definition) is 0. The van der Waals surface area contributed by atoms with Crippen LogP contribution in [0.2, 0.25) is 0 Å². The summed E-state index contributed by atoms with van der Waals surface area (Å²) in [6, 6.07) is 16.1. The number of benzene rings is 3. The largest absolute Gasteiger partial charge is 0.206 e. The molecule has 0 spiro atoms. The van der Waals surface area contributed by atoms with E-state index in [0.29, 0.717) is 17.0 Å². The van der Waals surface area contributed by atoms with Crippen LogP contribution in [0.3, 0.4) is 0 Å². The summed E-state index contributed by atoms with van der Waals surface area (Å²) in [5, 5.41) is 0. The Morgan fingerprint density at radius 1 is 0.812 bits per heavy atom. The molecular weight excluding hydrogens is 405 g/mol. The summed E-state index contributed by atoms with van der Waals surface area (Å²) in [5.41, 5.74) is 3.88. The molecule has 1 aliphatic carbocycles. The van der Waals surface area contributed by atoms with Crippen molar-refractivity contribution in [3.05, 3.63) is 94.3 Å². The van der Waals surface area contributed by atoms with Crippen molar-refractivity contribution in [1.29, 1.82) is 0 Å². The number of hydrogen-bond donors (Lipinski definition) is 0. The second kappa shape index (κ2) is 9.77. The number of rotatable bonds is 5. The van der Waals surface area contributed by atoms with Crippen molar-refractivity contribution < 1.29 is 13.2 Å². The Labute approximate surface area is 188 Å². The molecule has 0 nitrogen and oxygen atoms in total. The lowest BCUT2D eigenvalue weighted by molar-refractivity contribution is 0.339. The van der Waals surface area contributed by atoms with Gasteiger partial charge in [0.25, 0.3) is 0 Å². The standard InChI is InChI=1S/C29H29F3/c1-3-20-9-16-25(27(30)18-20)22-12-6-21(7-13-22)8-14-24-15-17-26(29(32)28(24)31)23-10-4-19(2)5-11-23/h6-9,12-19,23H,3-5,10-11H2,1-2H3/b14-8+. The average Bonchev–Trinajstić information content (AvgIpc) is 2.81. The maximum absolute atomic E-state index is 14.8. The van der Waals surface area contributed by atoms with E-state index in [1.54, 1.807) is 36.4 Å². The third-order valence-corrected chi connectivity index (χ3v) is 6.72. The molecule has 0 N–H and O–H groups in total. The molecule has 1 saturated carbocycles. The first-order valence-corrected chi connectivity index (χ1v) is 11.5. The molecule has 0 aromatic heterocycles. The Morgan fingerprint density at radius 2 is 1.53 bits per heavy atom. The van der Waals surface area contributed by atoms with Gasteiger partial charge < -0.3 is 0 Å². The molecule has 0 atom stereocenters. The van der Waals surface area contributed by atoms with Gasteiger partial charge in [-0.25, -0.2) is 13.2 Å². The lowest BCUT2D eigenvalue weighted by Crippen LogP contribution is -2.13. The maximum atomic E-state index is 14.8. The average molecular weight is 435 g/mol. The second-order valence-corrected chi connectivity index (χ2v) is 8.95. The summed E-state index contributed by atoms with van der Waals surface area (Å²) in [6.45, 7) is 4.21. The molecule has 1 aliphatic rings. The molecule has 0 unspecified atom stereocenters. The zero-order chi connectivity index (χ0) is 22.7. The van der Waals surface area contributed by atoms with Gasteiger partial charge in [-0.3, -0.25) is 0 Å². The summed E-state index contributed by atoms with van der Waals surface area (Å²) in [5.74, 6) is -0.962. The van der Waals surface area contributed by atoms with Gasteiger partial charge >= 0.3 is 0 Å². The molecule has 166 valence electrons. The van der Waals surface area contributed by atoms with Gasteiger partial charge in [0.15, 0.2) is 11.6 Å². The molecule has 0 bridgehead atoms. The van der Waals surface area contributed by atoms with E-state index in [-0.39, 0.29) is 17.3 Å². The van der Waals surface area contributed by atoms with Gasteiger partial charge in [-0.15, -0.1) is 0 Å². The highest BCUT2D eigenvalue weighted by Crippen LogP contribution is 2.37. The first-order chi connectivity index (χ1) is 15.5. The summed E-state index contributed by atoms with van der Waals surface area (Å²) >= 11 is 0. The van der Waals surface area contributed by atoms with Crippen LogP contribution in [0.4, 0.5) is 13.2 Å². The molecule has 0 radical (unpaired) electrons. The minimum atomic E-state index is -0.785. The molecule has 3 aromatic carbocycles. The highest BCUT2D eigenvalue weighted by atomic mass is 19.2. The van der Waals surface area contributed by atoms with Gasteiger partial charge in [-0.1, -0.05) is 87.4 Å². The van der Waals surface area contributed by atoms with Crippen molar-refractivity contribution in [2.45, 2.75) is 51.9 Å². The zero-order valence-electron chi connectivity index (χ0n) is 18.7. The Morgan fingerprint density at radius 3 is 2.19 bits per heavy atom. The van der Waals surface area contributed by atoms with E-state index in [9.17, 15) is 13.2 Å². The van der Waals surface area contributed by atoms with E-state index < -0.39 is 11.6 Å². The maximum Gasteiger partial charge on any atom is 0.166 e. The van der Waals surface area contributed by atoms with Crippen LogP contribution in [0.1, 0.15) is 67.7 Å². The Bertz CT molecular complexity index is 1100. The lowest BCUT2D eigenvalue weighted by atomic mass is 9.79. The van der Waals surface area contributed by atoms with Crippen molar-refractivity contribution >= 4 is 12.2 Å². The van der Waals surface area contributed by atoms with E-state index >= 15 is 0 Å². The smallest absolute Gasteiger partial charge is 0.166 e. The van der Waals surface area contributed by atoms with Crippen LogP contribution in [0.5, 0.6) is 0 Å². The van der Waals surface area contributed by atoms with Crippen LogP contribution in [0.15, 0.2) is 54.6 Å². The highest BCUT2D eigenvalue weighted by molar-refractivity contribution is 5.72. The van der Waals surface area contributed by atoms with Crippen LogP contribution >= 0.6 is 0 Å².